The van der Waals surface area contributed by atoms with Crippen molar-refractivity contribution in [1.82, 2.24) is 30.3 Å². The highest BCUT2D eigenvalue weighted by Crippen LogP contribution is 2.23. The first kappa shape index (κ1) is 17.9. The van der Waals surface area contributed by atoms with E-state index in [1.165, 1.54) is 19.3 Å². The smallest absolute Gasteiger partial charge is 0.317 e. The van der Waals surface area contributed by atoms with E-state index >= 15 is 0 Å². The minimum Gasteiger partial charge on any atom is -0.339 e. The first-order valence-corrected chi connectivity index (χ1v) is 9.92. The summed E-state index contributed by atoms with van der Waals surface area (Å²) in [6.07, 6.45) is 13.5. The molecule has 2 aromatic rings. The number of rotatable bonds is 4. The van der Waals surface area contributed by atoms with Gasteiger partial charge >= 0.3 is 6.03 Å². The van der Waals surface area contributed by atoms with Crippen LogP contribution in [0.15, 0.2) is 23.1 Å². The molecule has 0 spiro atoms. The van der Waals surface area contributed by atoms with E-state index in [-0.39, 0.29) is 6.03 Å². The number of amides is 2. The second-order valence-electron chi connectivity index (χ2n) is 7.55. The SMILES string of the molecule is O=C(NC1CCCCC1)N1CCCC(Cc2nc(-c3cnccn3)no2)C1. The van der Waals surface area contributed by atoms with Crippen molar-refractivity contribution < 1.29 is 9.32 Å². The Balaban J connectivity index is 1.32. The molecule has 8 nitrogen and oxygen atoms in total. The molecule has 144 valence electrons. The zero-order valence-corrected chi connectivity index (χ0v) is 15.5. The van der Waals surface area contributed by atoms with Crippen LogP contribution in [0.2, 0.25) is 0 Å². The second-order valence-corrected chi connectivity index (χ2v) is 7.55. The third-order valence-electron chi connectivity index (χ3n) is 5.46. The lowest BCUT2D eigenvalue weighted by Crippen LogP contribution is -2.49. The van der Waals surface area contributed by atoms with Crippen molar-refractivity contribution in [2.45, 2.75) is 57.4 Å². The van der Waals surface area contributed by atoms with E-state index in [9.17, 15) is 4.79 Å². The fraction of sp³-hybridized carbons (Fsp3) is 0.632. The Labute approximate surface area is 158 Å². The summed E-state index contributed by atoms with van der Waals surface area (Å²) < 4.78 is 5.39. The topological polar surface area (TPSA) is 97.0 Å². The molecule has 0 bridgehead atoms. The number of carbonyl (C=O) groups is 1. The second kappa shape index (κ2) is 8.45. The number of nitrogens with zero attached hydrogens (tertiary/aromatic N) is 5. The van der Waals surface area contributed by atoms with Gasteiger partial charge in [-0.2, -0.15) is 4.98 Å². The number of urea groups is 1. The van der Waals surface area contributed by atoms with Gasteiger partial charge in [0.15, 0.2) is 0 Å². The first-order chi connectivity index (χ1) is 13.3. The molecular formula is C19H26N6O2. The van der Waals surface area contributed by atoms with Crippen LogP contribution >= 0.6 is 0 Å². The molecule has 1 atom stereocenters. The summed E-state index contributed by atoms with van der Waals surface area (Å²) in [5.74, 6) is 1.39. The molecule has 2 fully saturated rings. The van der Waals surface area contributed by atoms with Crippen molar-refractivity contribution in [3.8, 4) is 11.5 Å². The molecule has 2 aromatic heterocycles. The first-order valence-electron chi connectivity index (χ1n) is 9.92. The van der Waals surface area contributed by atoms with Crippen LogP contribution in [-0.4, -0.2) is 50.2 Å². The van der Waals surface area contributed by atoms with Gasteiger partial charge in [0.2, 0.25) is 11.7 Å². The molecule has 8 heteroatoms. The highest BCUT2D eigenvalue weighted by atomic mass is 16.5. The van der Waals surface area contributed by atoms with Gasteiger partial charge in [0.25, 0.3) is 0 Å². The molecule has 1 N–H and O–H groups in total. The summed E-state index contributed by atoms with van der Waals surface area (Å²) in [4.78, 5) is 27.2. The number of piperidine rings is 1. The number of hydrogen-bond acceptors (Lipinski definition) is 6. The fourth-order valence-electron chi connectivity index (χ4n) is 4.03. The van der Waals surface area contributed by atoms with Crippen molar-refractivity contribution in [2.75, 3.05) is 13.1 Å². The predicted molar refractivity (Wildman–Crippen MR) is 98.7 cm³/mol. The van der Waals surface area contributed by atoms with Crippen LogP contribution in [0.4, 0.5) is 4.79 Å². The van der Waals surface area contributed by atoms with Crippen molar-refractivity contribution >= 4 is 6.03 Å². The Hall–Kier alpha value is -2.51. The molecule has 2 aliphatic rings. The Bertz CT molecular complexity index is 744. The van der Waals surface area contributed by atoms with Gasteiger partial charge in [-0.05, 0) is 31.6 Å². The van der Waals surface area contributed by atoms with Gasteiger partial charge in [0.1, 0.15) is 5.69 Å². The number of carbonyl (C=O) groups excluding carboxylic acids is 1. The molecule has 27 heavy (non-hydrogen) atoms. The zero-order chi connectivity index (χ0) is 18.5. The van der Waals surface area contributed by atoms with E-state index in [0.29, 0.717) is 35.8 Å². The lowest BCUT2D eigenvalue weighted by Gasteiger charge is -2.34. The summed E-state index contributed by atoms with van der Waals surface area (Å²) in [6.45, 7) is 1.56. The average Bonchev–Trinajstić information content (AvgIpc) is 3.18. The Morgan fingerprint density at radius 3 is 2.89 bits per heavy atom. The molecule has 1 aliphatic carbocycles. The minimum atomic E-state index is 0.0809. The third kappa shape index (κ3) is 4.61. The van der Waals surface area contributed by atoms with E-state index in [1.807, 2.05) is 4.90 Å². The lowest BCUT2D eigenvalue weighted by atomic mass is 9.94. The summed E-state index contributed by atoms with van der Waals surface area (Å²) in [6, 6.07) is 0.425. The number of hydrogen-bond donors (Lipinski definition) is 1. The van der Waals surface area contributed by atoms with Gasteiger partial charge in [-0.1, -0.05) is 24.4 Å². The summed E-state index contributed by atoms with van der Waals surface area (Å²) in [5.41, 5.74) is 0.602. The van der Waals surface area contributed by atoms with E-state index in [0.717, 1.165) is 38.8 Å². The van der Waals surface area contributed by atoms with E-state index < -0.39 is 0 Å². The largest absolute Gasteiger partial charge is 0.339 e. The predicted octanol–water partition coefficient (Wildman–Crippen LogP) is 2.82. The molecule has 0 aromatic carbocycles. The Morgan fingerprint density at radius 2 is 2.07 bits per heavy atom. The van der Waals surface area contributed by atoms with Crippen molar-refractivity contribution in [3.63, 3.8) is 0 Å². The molecular weight excluding hydrogens is 344 g/mol. The van der Waals surface area contributed by atoms with Gasteiger partial charge in [0.05, 0.1) is 6.20 Å². The standard InChI is InChI=1S/C19H26N6O2/c26-19(22-15-6-2-1-3-7-15)25-10-4-5-14(13-25)11-17-23-18(24-27-17)16-12-20-8-9-21-16/h8-9,12,14-15H,1-7,10-11,13H2,(H,22,26). The van der Waals surface area contributed by atoms with Crippen LogP contribution in [0.25, 0.3) is 11.5 Å². The molecule has 4 rings (SSSR count). The van der Waals surface area contributed by atoms with E-state index in [4.69, 9.17) is 4.52 Å². The summed E-state index contributed by atoms with van der Waals surface area (Å²) >= 11 is 0. The van der Waals surface area contributed by atoms with E-state index in [2.05, 4.69) is 25.4 Å². The molecule has 1 unspecified atom stereocenters. The van der Waals surface area contributed by atoms with Gasteiger partial charge in [-0.3, -0.25) is 4.98 Å². The maximum absolute atomic E-state index is 12.6. The van der Waals surface area contributed by atoms with Crippen molar-refractivity contribution in [3.05, 3.63) is 24.5 Å². The molecule has 1 saturated carbocycles. The highest BCUT2D eigenvalue weighted by molar-refractivity contribution is 5.74. The van der Waals surface area contributed by atoms with Gasteiger partial charge in [-0.15, -0.1) is 0 Å². The number of likely N-dealkylation sites (tertiary alicyclic amines) is 1. The molecule has 1 saturated heterocycles. The normalized spacial score (nSPS) is 21.2. The van der Waals surface area contributed by atoms with Crippen LogP contribution in [0.5, 0.6) is 0 Å². The number of aromatic nitrogens is 4. The Morgan fingerprint density at radius 1 is 1.19 bits per heavy atom. The Kier molecular flexibility index (Phi) is 5.60. The maximum Gasteiger partial charge on any atom is 0.317 e. The lowest BCUT2D eigenvalue weighted by molar-refractivity contribution is 0.156. The van der Waals surface area contributed by atoms with E-state index in [1.54, 1.807) is 18.6 Å². The van der Waals surface area contributed by atoms with Gasteiger partial charge < -0.3 is 14.7 Å². The minimum absolute atomic E-state index is 0.0809. The number of nitrogens with one attached hydrogen (secondary N) is 1. The van der Waals surface area contributed by atoms with Crippen molar-refractivity contribution in [2.24, 2.45) is 5.92 Å². The summed E-state index contributed by atoms with van der Waals surface area (Å²) in [7, 11) is 0. The van der Waals surface area contributed by atoms with Crippen LogP contribution in [0, 0.1) is 5.92 Å². The quantitative estimate of drug-likeness (QED) is 0.889. The molecule has 0 radical (unpaired) electrons. The molecule has 1 aliphatic heterocycles. The van der Waals surface area contributed by atoms with Crippen molar-refractivity contribution in [1.29, 1.82) is 0 Å². The summed E-state index contributed by atoms with van der Waals surface area (Å²) in [5, 5.41) is 7.22. The average molecular weight is 370 g/mol. The van der Waals surface area contributed by atoms with Crippen LogP contribution in [-0.2, 0) is 6.42 Å². The van der Waals surface area contributed by atoms with Gasteiger partial charge in [-0.25, -0.2) is 9.78 Å². The highest BCUT2D eigenvalue weighted by Gasteiger charge is 2.27. The maximum atomic E-state index is 12.6. The molecule has 2 amide bonds. The zero-order valence-electron chi connectivity index (χ0n) is 15.5. The van der Waals surface area contributed by atoms with Crippen LogP contribution < -0.4 is 5.32 Å². The van der Waals surface area contributed by atoms with Crippen LogP contribution in [0.1, 0.15) is 50.8 Å². The van der Waals surface area contributed by atoms with Crippen LogP contribution in [0.3, 0.4) is 0 Å². The van der Waals surface area contributed by atoms with Gasteiger partial charge in [0, 0.05) is 37.9 Å². The monoisotopic (exact) mass is 370 g/mol. The molecule has 3 heterocycles. The third-order valence-corrected chi connectivity index (χ3v) is 5.46. The fourth-order valence-corrected chi connectivity index (χ4v) is 4.03.